The Balaban J connectivity index is 1.89. The van der Waals surface area contributed by atoms with Gasteiger partial charge in [-0.25, -0.2) is 0 Å². The van der Waals surface area contributed by atoms with E-state index in [0.717, 1.165) is 24.8 Å². The number of nitrogens with zero attached hydrogens (tertiary/aromatic N) is 2. The monoisotopic (exact) mass is 291 g/mol. The maximum absolute atomic E-state index is 6.04. The summed E-state index contributed by atoms with van der Waals surface area (Å²) in [7, 11) is -0.314. The number of hydrogen-bond acceptors (Lipinski definition) is 3. The van der Waals surface area contributed by atoms with E-state index in [9.17, 15) is 0 Å². The first-order chi connectivity index (χ1) is 9.71. The van der Waals surface area contributed by atoms with Crippen LogP contribution in [-0.2, 0) is 15.9 Å². The van der Waals surface area contributed by atoms with Crippen LogP contribution >= 0.6 is 0 Å². The van der Waals surface area contributed by atoms with Gasteiger partial charge in [-0.1, -0.05) is 13.8 Å². The molecule has 117 valence electrons. The van der Waals surface area contributed by atoms with Gasteiger partial charge in [-0.05, 0) is 52.9 Å². The maximum Gasteiger partial charge on any atom is 0.498 e. The highest BCUT2D eigenvalue weighted by Crippen LogP contribution is 2.36. The van der Waals surface area contributed by atoms with Gasteiger partial charge in [0, 0.05) is 24.4 Å². The fourth-order valence-corrected chi connectivity index (χ4v) is 2.31. The summed E-state index contributed by atoms with van der Waals surface area (Å²) < 4.78 is 14.1. The third-order valence-corrected chi connectivity index (χ3v) is 4.41. The highest BCUT2D eigenvalue weighted by molar-refractivity contribution is 6.61. The van der Waals surface area contributed by atoms with Gasteiger partial charge in [-0.2, -0.15) is 5.10 Å². The largest absolute Gasteiger partial charge is 0.498 e. The van der Waals surface area contributed by atoms with E-state index in [2.05, 4.69) is 53.1 Å². The fraction of sp³-hybridized carbons (Fsp3) is 0.750. The summed E-state index contributed by atoms with van der Waals surface area (Å²) in [6, 6.07) is 0. The van der Waals surface area contributed by atoms with Crippen LogP contribution in [0.2, 0.25) is 0 Å². The molecule has 0 unspecified atom stereocenters. The normalized spacial score (nSPS) is 20.4. The Morgan fingerprint density at radius 2 is 1.86 bits per heavy atom. The molecule has 21 heavy (non-hydrogen) atoms. The predicted molar refractivity (Wildman–Crippen MR) is 86.3 cm³/mol. The number of aryl methyl sites for hydroxylation is 1. The molecule has 4 nitrogen and oxygen atoms in total. The van der Waals surface area contributed by atoms with Crippen LogP contribution in [0.25, 0.3) is 0 Å². The van der Waals surface area contributed by atoms with Crippen LogP contribution in [0.15, 0.2) is 12.4 Å². The summed E-state index contributed by atoms with van der Waals surface area (Å²) in [4.78, 5) is 0. The maximum atomic E-state index is 6.04. The molecule has 1 saturated heterocycles. The first-order valence-corrected chi connectivity index (χ1v) is 7.92. The number of unbranched alkanes of at least 4 members (excludes halogenated alkanes) is 1. The quantitative estimate of drug-likeness (QED) is 0.597. The van der Waals surface area contributed by atoms with E-state index in [4.69, 9.17) is 9.31 Å². The molecule has 1 aliphatic rings. The second kappa shape index (κ2) is 6.13. The van der Waals surface area contributed by atoms with E-state index in [1.165, 1.54) is 0 Å². The van der Waals surface area contributed by atoms with Crippen molar-refractivity contribution in [1.29, 1.82) is 0 Å². The van der Waals surface area contributed by atoms with Gasteiger partial charge in [-0.3, -0.25) is 4.68 Å². The van der Waals surface area contributed by atoms with Crippen LogP contribution in [0, 0.1) is 12.3 Å². The molecule has 0 bridgehead atoms. The Morgan fingerprint density at radius 3 is 2.43 bits per heavy atom. The van der Waals surface area contributed by atoms with Crippen molar-refractivity contribution in [2.24, 2.45) is 5.92 Å². The summed E-state index contributed by atoms with van der Waals surface area (Å²) in [6.07, 6.45) is 8.48. The molecule has 5 heteroatoms. The first-order valence-electron chi connectivity index (χ1n) is 7.92. The Hall–Kier alpha value is -0.805. The van der Waals surface area contributed by atoms with Crippen molar-refractivity contribution in [1.82, 2.24) is 9.78 Å². The van der Waals surface area contributed by atoms with Crippen LogP contribution in [0.4, 0.5) is 0 Å². The van der Waals surface area contributed by atoms with Crippen LogP contribution in [0.5, 0.6) is 0 Å². The second-order valence-electron chi connectivity index (χ2n) is 7.25. The Kier molecular flexibility index (Phi) is 4.84. The molecule has 1 fully saturated rings. The topological polar surface area (TPSA) is 36.3 Å². The fourth-order valence-electron chi connectivity index (χ4n) is 2.31. The van der Waals surface area contributed by atoms with Crippen LogP contribution in [0.3, 0.4) is 0 Å². The summed E-state index contributed by atoms with van der Waals surface area (Å²) >= 11 is 0. The zero-order chi connectivity index (χ0) is 15.7. The van der Waals surface area contributed by atoms with Gasteiger partial charge < -0.3 is 9.31 Å². The third-order valence-electron chi connectivity index (χ3n) is 4.41. The molecule has 0 N–H and O–H groups in total. The van der Waals surface area contributed by atoms with Gasteiger partial charge in [0.25, 0.3) is 0 Å². The van der Waals surface area contributed by atoms with Crippen molar-refractivity contribution < 1.29 is 9.31 Å². The summed E-state index contributed by atoms with van der Waals surface area (Å²) in [5.74, 6) is 0.655. The third kappa shape index (κ3) is 3.89. The van der Waals surface area contributed by atoms with Crippen molar-refractivity contribution in [3.63, 3.8) is 0 Å². The van der Waals surface area contributed by atoms with Crippen molar-refractivity contribution >= 4 is 12.6 Å². The number of aromatic nitrogens is 2. The molecule has 1 aliphatic heterocycles. The van der Waals surface area contributed by atoms with E-state index in [-0.39, 0.29) is 18.3 Å². The molecular weight excluding hydrogens is 263 g/mol. The molecule has 1 aromatic rings. The Labute approximate surface area is 129 Å². The number of hydrogen-bond donors (Lipinski definition) is 0. The Bertz CT molecular complexity index is 453. The van der Waals surface area contributed by atoms with Crippen molar-refractivity contribution in [2.45, 2.75) is 72.1 Å². The van der Waals surface area contributed by atoms with Gasteiger partial charge in [0.05, 0.1) is 11.2 Å². The minimum Gasteiger partial charge on any atom is -0.399 e. The van der Waals surface area contributed by atoms with E-state index in [1.807, 2.05) is 17.1 Å². The highest BCUT2D eigenvalue weighted by Gasteiger charge is 2.52. The summed E-state index contributed by atoms with van der Waals surface area (Å²) in [6.45, 7) is 13.6. The average Bonchev–Trinajstić information content (AvgIpc) is 2.88. The van der Waals surface area contributed by atoms with Crippen LogP contribution < -0.4 is 5.46 Å². The lowest BCUT2D eigenvalue weighted by atomic mass is 9.82. The zero-order valence-electron chi connectivity index (χ0n) is 14.2. The summed E-state index contributed by atoms with van der Waals surface area (Å²) in [5, 5.41) is 4.42. The minimum absolute atomic E-state index is 0.300. The Morgan fingerprint density at radius 1 is 1.24 bits per heavy atom. The average molecular weight is 291 g/mol. The molecule has 0 amide bonds. The molecule has 1 aromatic heterocycles. The molecule has 2 rings (SSSR count). The lowest BCUT2D eigenvalue weighted by Gasteiger charge is -2.32. The summed E-state index contributed by atoms with van der Waals surface area (Å²) in [5.41, 5.74) is 0.402. The predicted octanol–water partition coefficient (Wildman–Crippen LogP) is 2.82. The minimum atomic E-state index is -0.314. The molecular formula is C16H28BN2O2. The molecule has 0 aliphatic carbocycles. The van der Waals surface area contributed by atoms with Gasteiger partial charge in [0.2, 0.25) is 0 Å². The molecule has 0 atom stereocenters. The van der Waals surface area contributed by atoms with Crippen molar-refractivity contribution in [2.75, 3.05) is 0 Å². The van der Waals surface area contributed by atoms with E-state index >= 15 is 0 Å². The van der Waals surface area contributed by atoms with E-state index in [0.29, 0.717) is 5.92 Å². The van der Waals surface area contributed by atoms with E-state index < -0.39 is 0 Å². The standard InChI is InChI=1S/C16H28BN2O2/c1-13(2)9-7-8-10-19-12-14(11-18-19)17-20-15(3,4)16(5,6)21-17/h9,11-13H,7-8,10H2,1-6H3. The molecule has 0 saturated carbocycles. The molecule has 0 aromatic carbocycles. The van der Waals surface area contributed by atoms with Gasteiger partial charge in [0.1, 0.15) is 0 Å². The lowest BCUT2D eigenvalue weighted by molar-refractivity contribution is 0.00578. The molecule has 0 spiro atoms. The van der Waals surface area contributed by atoms with Gasteiger partial charge in [-0.15, -0.1) is 0 Å². The van der Waals surface area contributed by atoms with E-state index in [1.54, 1.807) is 0 Å². The first kappa shape index (κ1) is 16.6. The SMILES string of the molecule is CC(C)[CH]CCCn1cc(B2OC(C)(C)C(C)(C)O2)cn1. The second-order valence-corrected chi connectivity index (χ2v) is 7.25. The molecule has 2 heterocycles. The van der Waals surface area contributed by atoms with Crippen LogP contribution in [-0.4, -0.2) is 28.1 Å². The molecule has 1 radical (unpaired) electrons. The lowest BCUT2D eigenvalue weighted by Crippen LogP contribution is -2.41. The van der Waals surface area contributed by atoms with Gasteiger partial charge in [0.15, 0.2) is 0 Å². The van der Waals surface area contributed by atoms with Crippen molar-refractivity contribution in [3.05, 3.63) is 18.8 Å². The highest BCUT2D eigenvalue weighted by atomic mass is 16.7. The van der Waals surface area contributed by atoms with Gasteiger partial charge >= 0.3 is 7.12 Å². The van der Waals surface area contributed by atoms with Crippen LogP contribution in [0.1, 0.15) is 54.4 Å². The van der Waals surface area contributed by atoms with Crippen molar-refractivity contribution in [3.8, 4) is 0 Å². The number of rotatable bonds is 6. The smallest absolute Gasteiger partial charge is 0.399 e. The zero-order valence-corrected chi connectivity index (χ0v) is 14.2.